The summed E-state index contributed by atoms with van der Waals surface area (Å²) in [5.41, 5.74) is 2.24. The Morgan fingerprint density at radius 1 is 1.08 bits per heavy atom. The van der Waals surface area contributed by atoms with E-state index in [0.717, 1.165) is 72.7 Å². The maximum Gasteiger partial charge on any atom is 0.416 e. The van der Waals surface area contributed by atoms with Crippen LogP contribution in [-0.4, -0.2) is 69.6 Å². The fraction of sp³-hybridized carbons (Fsp3) is 0.462. The van der Waals surface area contributed by atoms with Gasteiger partial charge in [0.2, 0.25) is 0 Å². The van der Waals surface area contributed by atoms with E-state index in [-0.39, 0.29) is 0 Å². The third-order valence-corrected chi connectivity index (χ3v) is 8.44. The summed E-state index contributed by atoms with van der Waals surface area (Å²) in [6.45, 7) is 7.92. The molecule has 5 rings (SSSR count). The highest BCUT2D eigenvalue weighted by Gasteiger charge is 2.41. The molecule has 2 aromatic rings. The number of hydrogen-bond donors (Lipinski definition) is 0. The van der Waals surface area contributed by atoms with Crippen LogP contribution in [0.4, 0.5) is 18.9 Å². The van der Waals surface area contributed by atoms with Gasteiger partial charge in [0.05, 0.1) is 5.56 Å². The molecule has 10 heteroatoms. The molecular formula is C26H31F3N6S. The minimum Gasteiger partial charge on any atom is -0.367 e. The van der Waals surface area contributed by atoms with Crippen LogP contribution in [0.15, 0.2) is 60.0 Å². The first-order valence-electron chi connectivity index (χ1n) is 12.2. The highest BCUT2D eigenvalue weighted by atomic mass is 32.2. The van der Waals surface area contributed by atoms with Gasteiger partial charge in [0.1, 0.15) is 0 Å². The van der Waals surface area contributed by atoms with E-state index in [2.05, 4.69) is 26.6 Å². The van der Waals surface area contributed by atoms with Crippen LogP contribution in [0.25, 0.3) is 5.57 Å². The Bertz CT molecular complexity index is 1170. The fourth-order valence-electron chi connectivity index (χ4n) is 5.31. The van der Waals surface area contributed by atoms with Gasteiger partial charge in [-0.05, 0) is 61.7 Å². The Labute approximate surface area is 214 Å². The summed E-state index contributed by atoms with van der Waals surface area (Å²) in [7, 11) is 3.96. The number of thioether (sulfide) groups is 1. The molecular weight excluding hydrogens is 485 g/mol. The number of rotatable bonds is 7. The molecule has 0 radical (unpaired) electrons. The van der Waals surface area contributed by atoms with Crippen LogP contribution in [-0.2, 0) is 13.2 Å². The molecule has 0 aliphatic carbocycles. The molecule has 2 saturated heterocycles. The molecule has 3 aliphatic rings. The van der Waals surface area contributed by atoms with E-state index in [9.17, 15) is 13.2 Å². The molecule has 4 heterocycles. The van der Waals surface area contributed by atoms with Gasteiger partial charge in [0.15, 0.2) is 11.0 Å². The van der Waals surface area contributed by atoms with Crippen molar-refractivity contribution in [1.29, 1.82) is 0 Å². The normalized spacial score (nSPS) is 22.5. The Kier molecular flexibility index (Phi) is 6.91. The maximum atomic E-state index is 12.9. The molecule has 2 unspecified atom stereocenters. The number of likely N-dealkylation sites (N-methyl/N-ethyl adjacent to an activating group) is 1. The van der Waals surface area contributed by atoms with Crippen LogP contribution in [0.1, 0.15) is 24.2 Å². The van der Waals surface area contributed by atoms with Crippen LogP contribution in [0.3, 0.4) is 0 Å². The van der Waals surface area contributed by atoms with Crippen LogP contribution in [0.5, 0.6) is 0 Å². The average Bonchev–Trinajstić information content (AvgIpc) is 3.52. The molecule has 0 amide bonds. The van der Waals surface area contributed by atoms with Gasteiger partial charge in [0, 0.05) is 68.7 Å². The minimum atomic E-state index is -4.29. The summed E-state index contributed by atoms with van der Waals surface area (Å²) in [6, 6.07) is 6.00. The van der Waals surface area contributed by atoms with Crippen LogP contribution in [0, 0.1) is 5.92 Å². The lowest BCUT2D eigenvalue weighted by Crippen LogP contribution is -2.35. The molecule has 1 aromatic carbocycles. The van der Waals surface area contributed by atoms with Crippen LogP contribution >= 0.6 is 11.8 Å². The lowest BCUT2D eigenvalue weighted by molar-refractivity contribution is -0.137. The molecule has 192 valence electrons. The van der Waals surface area contributed by atoms with Crippen molar-refractivity contribution in [3.05, 3.63) is 66.3 Å². The highest BCUT2D eigenvalue weighted by Crippen LogP contribution is 2.37. The second-order valence-electron chi connectivity index (χ2n) is 9.70. The molecule has 36 heavy (non-hydrogen) atoms. The monoisotopic (exact) mass is 516 g/mol. The minimum absolute atomic E-state index is 0.377. The standard InChI is InChI=1S/C26H31F3N6S/c1-18-5-6-20(15-32(18)2)24-30-31-25(33(24)3)36-14-4-12-34-16-19-11-13-35(23(19)17-34)22-9-7-21(8-10-22)26(27,28)29/h5-10,15,19,23H,1,4,11-14,16-17H2,2-3H3. The third kappa shape index (κ3) is 5.06. The van der Waals surface area contributed by atoms with E-state index in [0.29, 0.717) is 12.0 Å². The average molecular weight is 517 g/mol. The van der Waals surface area contributed by atoms with Crippen molar-refractivity contribution >= 4 is 23.0 Å². The molecule has 0 N–H and O–H groups in total. The Hall–Kier alpha value is -2.72. The predicted octanol–water partition coefficient (Wildman–Crippen LogP) is 4.88. The van der Waals surface area contributed by atoms with Crippen molar-refractivity contribution in [3.63, 3.8) is 0 Å². The largest absolute Gasteiger partial charge is 0.416 e. The van der Waals surface area contributed by atoms with Gasteiger partial charge in [0.25, 0.3) is 0 Å². The summed E-state index contributed by atoms with van der Waals surface area (Å²) >= 11 is 1.72. The van der Waals surface area contributed by atoms with E-state index in [4.69, 9.17) is 0 Å². The second-order valence-corrected chi connectivity index (χ2v) is 10.8. The SMILES string of the molecule is C=C1C=CC(c2nnc(SCCCN3CC4CCN(c5ccc(C(F)(F)F)cc5)C4C3)n2C)=CN1C. The lowest BCUT2D eigenvalue weighted by atomic mass is 10.0. The number of allylic oxidation sites excluding steroid dienone is 3. The van der Waals surface area contributed by atoms with Gasteiger partial charge in [-0.3, -0.25) is 0 Å². The van der Waals surface area contributed by atoms with E-state index < -0.39 is 11.7 Å². The zero-order valence-corrected chi connectivity index (χ0v) is 21.4. The van der Waals surface area contributed by atoms with Gasteiger partial charge < -0.3 is 19.3 Å². The number of hydrogen-bond acceptors (Lipinski definition) is 6. The van der Waals surface area contributed by atoms with Crippen molar-refractivity contribution in [1.82, 2.24) is 24.6 Å². The smallest absolute Gasteiger partial charge is 0.367 e. The molecule has 0 saturated carbocycles. The third-order valence-electron chi connectivity index (χ3n) is 7.33. The Balaban J connectivity index is 1.11. The van der Waals surface area contributed by atoms with Crippen molar-refractivity contribution in [2.45, 2.75) is 30.2 Å². The quantitative estimate of drug-likeness (QED) is 0.386. The molecule has 2 atom stereocenters. The van der Waals surface area contributed by atoms with E-state index in [1.54, 1.807) is 23.9 Å². The van der Waals surface area contributed by atoms with E-state index >= 15 is 0 Å². The Morgan fingerprint density at radius 2 is 1.86 bits per heavy atom. The number of nitrogens with zero attached hydrogens (tertiary/aromatic N) is 6. The lowest BCUT2D eigenvalue weighted by Gasteiger charge is -2.27. The maximum absolute atomic E-state index is 12.9. The summed E-state index contributed by atoms with van der Waals surface area (Å²) in [5, 5.41) is 9.67. The molecule has 0 bridgehead atoms. The van der Waals surface area contributed by atoms with Crippen molar-refractivity contribution < 1.29 is 13.2 Å². The molecule has 2 fully saturated rings. The first-order chi connectivity index (χ1) is 17.2. The first kappa shape index (κ1) is 25.0. The zero-order chi connectivity index (χ0) is 25.4. The topological polar surface area (TPSA) is 40.4 Å². The fourth-order valence-corrected chi connectivity index (χ4v) is 6.14. The highest BCUT2D eigenvalue weighted by molar-refractivity contribution is 7.99. The van der Waals surface area contributed by atoms with Gasteiger partial charge in [-0.25, -0.2) is 0 Å². The number of likely N-dealkylation sites (tertiary alicyclic amines) is 1. The predicted molar refractivity (Wildman–Crippen MR) is 137 cm³/mol. The first-order valence-corrected chi connectivity index (χ1v) is 13.2. The molecule has 1 aromatic heterocycles. The van der Waals surface area contributed by atoms with Crippen molar-refractivity contribution in [2.75, 3.05) is 43.9 Å². The number of fused-ring (bicyclic) bond motifs is 1. The van der Waals surface area contributed by atoms with E-state index in [1.807, 2.05) is 41.9 Å². The van der Waals surface area contributed by atoms with Crippen molar-refractivity contribution in [2.24, 2.45) is 13.0 Å². The number of halogens is 3. The number of aromatic nitrogens is 3. The van der Waals surface area contributed by atoms with Gasteiger partial charge in [-0.15, -0.1) is 10.2 Å². The number of alkyl halides is 3. The number of anilines is 1. The van der Waals surface area contributed by atoms with E-state index in [1.165, 1.54) is 12.1 Å². The summed E-state index contributed by atoms with van der Waals surface area (Å²) in [4.78, 5) is 6.76. The van der Waals surface area contributed by atoms with Crippen LogP contribution < -0.4 is 4.90 Å². The van der Waals surface area contributed by atoms with Crippen LogP contribution in [0.2, 0.25) is 0 Å². The van der Waals surface area contributed by atoms with Gasteiger partial charge >= 0.3 is 6.18 Å². The second kappa shape index (κ2) is 9.97. The summed E-state index contributed by atoms with van der Waals surface area (Å²) < 4.78 is 40.8. The summed E-state index contributed by atoms with van der Waals surface area (Å²) in [5.74, 6) is 2.36. The zero-order valence-electron chi connectivity index (χ0n) is 20.6. The van der Waals surface area contributed by atoms with Crippen molar-refractivity contribution in [3.8, 4) is 0 Å². The number of benzene rings is 1. The van der Waals surface area contributed by atoms with Gasteiger partial charge in [-0.2, -0.15) is 13.2 Å². The molecule has 0 spiro atoms. The molecule has 3 aliphatic heterocycles. The summed E-state index contributed by atoms with van der Waals surface area (Å²) in [6.07, 6.45) is 3.83. The Morgan fingerprint density at radius 3 is 2.58 bits per heavy atom. The molecule has 6 nitrogen and oxygen atoms in total. The van der Waals surface area contributed by atoms with Gasteiger partial charge in [-0.1, -0.05) is 18.3 Å².